The van der Waals surface area contributed by atoms with Gasteiger partial charge in [-0.1, -0.05) is 0 Å². The molecule has 0 aromatic heterocycles. The van der Waals surface area contributed by atoms with Crippen LogP contribution in [0, 0.1) is 5.92 Å². The fourth-order valence-corrected chi connectivity index (χ4v) is 2.02. The number of nitrogens with zero attached hydrogens (tertiary/aromatic N) is 1. The lowest BCUT2D eigenvalue weighted by Crippen LogP contribution is -2.63. The van der Waals surface area contributed by atoms with E-state index in [1.54, 1.807) is 0 Å². The molecule has 0 aromatic carbocycles. The molecule has 1 heterocycles. The van der Waals surface area contributed by atoms with Crippen LogP contribution in [0.2, 0.25) is 0 Å². The second kappa shape index (κ2) is 2.96. The molecular formula is C9H15NO3. The molecule has 13 heavy (non-hydrogen) atoms. The van der Waals surface area contributed by atoms with Crippen molar-refractivity contribution in [3.8, 4) is 0 Å². The van der Waals surface area contributed by atoms with Gasteiger partial charge in [0.25, 0.3) is 0 Å². The van der Waals surface area contributed by atoms with Gasteiger partial charge in [-0.15, -0.1) is 0 Å². The zero-order valence-electron chi connectivity index (χ0n) is 7.57. The Kier molecular flexibility index (Phi) is 2.04. The summed E-state index contributed by atoms with van der Waals surface area (Å²) in [4.78, 5) is 12.3. The fourth-order valence-electron chi connectivity index (χ4n) is 2.02. The Morgan fingerprint density at radius 3 is 2.54 bits per heavy atom. The summed E-state index contributed by atoms with van der Waals surface area (Å²) in [6.45, 7) is 1.92. The first kappa shape index (κ1) is 8.97. The van der Waals surface area contributed by atoms with Crippen molar-refractivity contribution in [1.29, 1.82) is 0 Å². The van der Waals surface area contributed by atoms with Gasteiger partial charge in [-0.05, 0) is 18.8 Å². The van der Waals surface area contributed by atoms with Crippen molar-refractivity contribution in [3.05, 3.63) is 0 Å². The molecule has 0 unspecified atom stereocenters. The number of carboxylic acids is 1. The molecule has 1 aliphatic heterocycles. The summed E-state index contributed by atoms with van der Waals surface area (Å²) in [5, 5.41) is 18.3. The van der Waals surface area contributed by atoms with E-state index in [0.29, 0.717) is 25.6 Å². The van der Waals surface area contributed by atoms with Gasteiger partial charge in [0.2, 0.25) is 0 Å². The summed E-state index contributed by atoms with van der Waals surface area (Å²) in [6.07, 6.45) is 2.47. The van der Waals surface area contributed by atoms with E-state index in [0.717, 1.165) is 12.8 Å². The van der Waals surface area contributed by atoms with E-state index < -0.39 is 11.6 Å². The van der Waals surface area contributed by atoms with Gasteiger partial charge in [0.1, 0.15) is 0 Å². The Morgan fingerprint density at radius 1 is 1.46 bits per heavy atom. The number of aliphatic carboxylic acids is 1. The molecule has 0 aromatic rings. The van der Waals surface area contributed by atoms with Crippen LogP contribution in [0.5, 0.6) is 0 Å². The van der Waals surface area contributed by atoms with Crippen LogP contribution in [0.15, 0.2) is 0 Å². The Balaban J connectivity index is 1.68. The van der Waals surface area contributed by atoms with Crippen molar-refractivity contribution < 1.29 is 15.0 Å². The summed E-state index contributed by atoms with van der Waals surface area (Å²) in [5.41, 5.74) is -0.474. The van der Waals surface area contributed by atoms with Crippen molar-refractivity contribution >= 4 is 5.97 Å². The van der Waals surface area contributed by atoms with Crippen LogP contribution in [0.3, 0.4) is 0 Å². The van der Waals surface area contributed by atoms with Gasteiger partial charge in [0, 0.05) is 19.6 Å². The van der Waals surface area contributed by atoms with Crippen LogP contribution in [0.25, 0.3) is 0 Å². The first-order valence-electron chi connectivity index (χ1n) is 4.77. The molecule has 0 radical (unpaired) electrons. The maximum Gasteiger partial charge on any atom is 0.304 e. The van der Waals surface area contributed by atoms with Gasteiger partial charge in [-0.25, -0.2) is 0 Å². The van der Waals surface area contributed by atoms with E-state index in [1.165, 1.54) is 0 Å². The maximum absolute atomic E-state index is 10.3. The summed E-state index contributed by atoms with van der Waals surface area (Å²) in [5.74, 6) is -0.268. The number of hydrogen-bond acceptors (Lipinski definition) is 3. The van der Waals surface area contributed by atoms with E-state index in [4.69, 9.17) is 5.11 Å². The molecule has 0 bridgehead atoms. The molecule has 2 aliphatic rings. The molecule has 74 valence electrons. The molecule has 0 amide bonds. The van der Waals surface area contributed by atoms with Crippen LogP contribution >= 0.6 is 0 Å². The van der Waals surface area contributed by atoms with Gasteiger partial charge in [0.15, 0.2) is 0 Å². The van der Waals surface area contributed by atoms with Gasteiger partial charge in [-0.2, -0.15) is 0 Å². The lowest BCUT2D eigenvalue weighted by molar-refractivity contribution is -0.141. The number of rotatable bonds is 4. The molecule has 2 N–H and O–H groups in total. The number of aliphatic hydroxyl groups is 1. The zero-order chi connectivity index (χ0) is 9.47. The molecule has 1 saturated carbocycles. The highest BCUT2D eigenvalue weighted by molar-refractivity contribution is 5.66. The van der Waals surface area contributed by atoms with Crippen molar-refractivity contribution in [1.82, 2.24) is 4.90 Å². The van der Waals surface area contributed by atoms with Gasteiger partial charge in [0.05, 0.1) is 12.0 Å². The normalized spacial score (nSPS) is 26.8. The standard InChI is InChI=1S/C9H15NO3/c11-8(12)3-4-10-5-9(13,6-10)7-1-2-7/h7,13H,1-6H2,(H,11,12). The summed E-state index contributed by atoms with van der Waals surface area (Å²) < 4.78 is 0. The first-order valence-corrected chi connectivity index (χ1v) is 4.77. The van der Waals surface area contributed by atoms with Gasteiger partial charge < -0.3 is 10.2 Å². The average molecular weight is 185 g/mol. The van der Waals surface area contributed by atoms with Crippen LogP contribution in [-0.4, -0.2) is 46.3 Å². The van der Waals surface area contributed by atoms with Crippen LogP contribution in [-0.2, 0) is 4.79 Å². The van der Waals surface area contributed by atoms with Gasteiger partial charge >= 0.3 is 5.97 Å². The number of hydrogen-bond donors (Lipinski definition) is 2. The highest BCUT2D eigenvalue weighted by Gasteiger charge is 2.51. The van der Waals surface area contributed by atoms with Crippen LogP contribution in [0.4, 0.5) is 0 Å². The van der Waals surface area contributed by atoms with Gasteiger partial charge in [-0.3, -0.25) is 9.69 Å². The molecule has 1 aliphatic carbocycles. The molecule has 1 saturated heterocycles. The van der Waals surface area contributed by atoms with Crippen molar-refractivity contribution in [2.75, 3.05) is 19.6 Å². The molecule has 0 spiro atoms. The van der Waals surface area contributed by atoms with Crippen LogP contribution < -0.4 is 0 Å². The third-order valence-corrected chi connectivity index (χ3v) is 2.97. The molecule has 0 atom stereocenters. The third kappa shape index (κ3) is 1.84. The Morgan fingerprint density at radius 2 is 2.08 bits per heavy atom. The molecule has 4 nitrogen and oxygen atoms in total. The average Bonchev–Trinajstić information content (AvgIpc) is 2.77. The topological polar surface area (TPSA) is 60.8 Å². The second-order valence-corrected chi connectivity index (χ2v) is 4.23. The monoisotopic (exact) mass is 185 g/mol. The largest absolute Gasteiger partial charge is 0.481 e. The third-order valence-electron chi connectivity index (χ3n) is 2.97. The van der Waals surface area contributed by atoms with E-state index in [2.05, 4.69) is 0 Å². The Labute approximate surface area is 77.2 Å². The summed E-state index contributed by atoms with van der Waals surface area (Å²) in [6, 6.07) is 0. The lowest BCUT2D eigenvalue weighted by atomic mass is 9.89. The molecule has 2 rings (SSSR count). The number of carboxylic acid groups (broad SMARTS) is 1. The molecule has 4 heteroatoms. The minimum atomic E-state index is -0.762. The smallest absolute Gasteiger partial charge is 0.304 e. The SMILES string of the molecule is O=C(O)CCN1CC(O)(C2CC2)C1. The second-order valence-electron chi connectivity index (χ2n) is 4.23. The number of likely N-dealkylation sites (tertiary alicyclic amines) is 1. The van der Waals surface area contributed by atoms with Crippen molar-refractivity contribution in [3.63, 3.8) is 0 Å². The highest BCUT2D eigenvalue weighted by atomic mass is 16.4. The predicted molar refractivity (Wildman–Crippen MR) is 46.4 cm³/mol. The first-order chi connectivity index (χ1) is 6.10. The summed E-state index contributed by atoms with van der Waals surface area (Å²) >= 11 is 0. The Bertz CT molecular complexity index is 219. The quantitative estimate of drug-likeness (QED) is 0.643. The molecule has 2 fully saturated rings. The van der Waals surface area contributed by atoms with Crippen LogP contribution in [0.1, 0.15) is 19.3 Å². The predicted octanol–water partition coefficient (Wildman–Crippen LogP) is -0.0822. The van der Waals surface area contributed by atoms with E-state index in [1.807, 2.05) is 4.90 Å². The summed E-state index contributed by atoms with van der Waals surface area (Å²) in [7, 11) is 0. The lowest BCUT2D eigenvalue weighted by Gasteiger charge is -2.47. The fraction of sp³-hybridized carbons (Fsp3) is 0.889. The number of carbonyl (C=O) groups is 1. The van der Waals surface area contributed by atoms with E-state index in [-0.39, 0.29) is 6.42 Å². The Hall–Kier alpha value is -0.610. The van der Waals surface area contributed by atoms with Crippen molar-refractivity contribution in [2.24, 2.45) is 5.92 Å². The zero-order valence-corrected chi connectivity index (χ0v) is 7.57. The minimum absolute atomic E-state index is 0.181. The van der Waals surface area contributed by atoms with E-state index >= 15 is 0 Å². The maximum atomic E-state index is 10.3. The number of β-amino-alcohol motifs (C(OH)–C–C–N with tert-alkyl or cyclic N) is 1. The highest BCUT2D eigenvalue weighted by Crippen LogP contribution is 2.44. The van der Waals surface area contributed by atoms with Crippen molar-refractivity contribution in [2.45, 2.75) is 24.9 Å². The minimum Gasteiger partial charge on any atom is -0.481 e. The van der Waals surface area contributed by atoms with E-state index in [9.17, 15) is 9.90 Å². The molecular weight excluding hydrogens is 170 g/mol.